The number of carbonyl (C=O) groups excluding carboxylic acids is 1. The van der Waals surface area contributed by atoms with Crippen LogP contribution in [-0.4, -0.2) is 32.7 Å². The predicted molar refractivity (Wildman–Crippen MR) is 113 cm³/mol. The van der Waals surface area contributed by atoms with E-state index in [-0.39, 0.29) is 18.1 Å². The molecule has 1 amide bonds. The summed E-state index contributed by atoms with van der Waals surface area (Å²) in [7, 11) is 3.52. The Morgan fingerprint density at radius 1 is 1.00 bits per heavy atom. The van der Waals surface area contributed by atoms with Gasteiger partial charge in [0.15, 0.2) is 0 Å². The molecule has 3 heterocycles. The summed E-state index contributed by atoms with van der Waals surface area (Å²) in [5, 5.41) is 4.66. The summed E-state index contributed by atoms with van der Waals surface area (Å²) in [5.41, 5.74) is 3.92. The highest BCUT2D eigenvalue weighted by Gasteiger charge is 2.25. The molecule has 0 fully saturated rings. The third kappa shape index (κ3) is 3.82. The number of amides is 1. The summed E-state index contributed by atoms with van der Waals surface area (Å²) in [6.07, 6.45) is 6.96. The molecule has 1 aromatic carbocycles. The molecule has 30 heavy (non-hydrogen) atoms. The van der Waals surface area contributed by atoms with Crippen molar-refractivity contribution >= 4 is 11.7 Å². The van der Waals surface area contributed by atoms with Gasteiger partial charge in [0.2, 0.25) is 5.91 Å². The first-order valence-corrected chi connectivity index (χ1v) is 9.43. The van der Waals surface area contributed by atoms with Crippen molar-refractivity contribution in [1.29, 1.82) is 0 Å². The van der Waals surface area contributed by atoms with Crippen molar-refractivity contribution in [3.05, 3.63) is 84.7 Å². The van der Waals surface area contributed by atoms with Crippen LogP contribution in [-0.2, 0) is 18.3 Å². The number of rotatable bonds is 5. The Morgan fingerprint density at radius 3 is 2.40 bits per heavy atom. The van der Waals surface area contributed by atoms with E-state index in [4.69, 9.17) is 0 Å². The first kappa shape index (κ1) is 19.4. The molecule has 0 unspecified atom stereocenters. The third-order valence-corrected chi connectivity index (χ3v) is 4.87. The van der Waals surface area contributed by atoms with E-state index in [0.717, 1.165) is 22.3 Å². The summed E-state index contributed by atoms with van der Waals surface area (Å²) in [4.78, 5) is 22.8. The highest BCUT2D eigenvalue weighted by molar-refractivity contribution is 6.00. The number of nitrogens with zero attached hydrogens (tertiary/aromatic N) is 5. The van der Waals surface area contributed by atoms with Crippen LogP contribution in [0.2, 0.25) is 0 Å². The SMILES string of the molecule is CN(C(=O)Cc1cccnc1)c1c(-c2ccncc2)c(-c2ccc(F)cc2)nn1C. The van der Waals surface area contributed by atoms with E-state index in [2.05, 4.69) is 15.1 Å². The minimum atomic E-state index is -0.316. The number of halogens is 1. The number of hydrogen-bond donors (Lipinski definition) is 0. The fourth-order valence-corrected chi connectivity index (χ4v) is 3.41. The normalized spacial score (nSPS) is 10.8. The van der Waals surface area contributed by atoms with Gasteiger partial charge >= 0.3 is 0 Å². The van der Waals surface area contributed by atoms with Crippen molar-refractivity contribution < 1.29 is 9.18 Å². The molecule has 0 saturated heterocycles. The highest BCUT2D eigenvalue weighted by Crippen LogP contribution is 2.39. The second kappa shape index (κ2) is 8.24. The van der Waals surface area contributed by atoms with Crippen molar-refractivity contribution in [2.45, 2.75) is 6.42 Å². The average Bonchev–Trinajstić information content (AvgIpc) is 3.12. The molecule has 0 atom stereocenters. The maximum atomic E-state index is 13.5. The standard InChI is InChI=1S/C23H20FN5O/c1-28(20(30)14-16-4-3-11-26-15-16)23-21(17-9-12-25-13-10-17)22(27-29(23)2)18-5-7-19(24)8-6-18/h3-13,15H,14H2,1-2H3. The minimum absolute atomic E-state index is 0.0908. The van der Waals surface area contributed by atoms with Gasteiger partial charge in [0.05, 0.1) is 12.0 Å². The molecule has 0 saturated carbocycles. The number of hydrogen-bond acceptors (Lipinski definition) is 4. The third-order valence-electron chi connectivity index (χ3n) is 4.87. The van der Waals surface area contributed by atoms with Gasteiger partial charge in [0.25, 0.3) is 0 Å². The van der Waals surface area contributed by atoms with Gasteiger partial charge in [-0.1, -0.05) is 6.07 Å². The zero-order valence-electron chi connectivity index (χ0n) is 16.7. The molecule has 150 valence electrons. The number of pyridine rings is 2. The quantitative estimate of drug-likeness (QED) is 0.509. The molecule has 0 N–H and O–H groups in total. The topological polar surface area (TPSA) is 63.9 Å². The molecular weight excluding hydrogens is 381 g/mol. The summed E-state index contributed by atoms with van der Waals surface area (Å²) < 4.78 is 15.1. The molecule has 0 radical (unpaired) electrons. The second-order valence-electron chi connectivity index (χ2n) is 6.90. The number of anilines is 1. The Labute approximate surface area is 173 Å². The highest BCUT2D eigenvalue weighted by atomic mass is 19.1. The lowest BCUT2D eigenvalue weighted by Gasteiger charge is -2.19. The van der Waals surface area contributed by atoms with E-state index in [1.54, 1.807) is 60.6 Å². The van der Waals surface area contributed by atoms with Crippen molar-refractivity contribution in [2.24, 2.45) is 7.05 Å². The molecule has 0 aliphatic carbocycles. The van der Waals surface area contributed by atoms with Crippen molar-refractivity contribution in [1.82, 2.24) is 19.7 Å². The molecule has 4 aromatic rings. The molecule has 4 rings (SSSR count). The smallest absolute Gasteiger partial charge is 0.232 e. The lowest BCUT2D eigenvalue weighted by molar-refractivity contribution is -0.117. The first-order valence-electron chi connectivity index (χ1n) is 9.43. The second-order valence-corrected chi connectivity index (χ2v) is 6.90. The van der Waals surface area contributed by atoms with Crippen LogP contribution >= 0.6 is 0 Å². The zero-order chi connectivity index (χ0) is 21.1. The van der Waals surface area contributed by atoms with Crippen LogP contribution in [0.4, 0.5) is 10.2 Å². The summed E-state index contributed by atoms with van der Waals surface area (Å²) >= 11 is 0. The van der Waals surface area contributed by atoms with Gasteiger partial charge in [-0.05, 0) is 53.6 Å². The van der Waals surface area contributed by atoms with Gasteiger partial charge in [-0.2, -0.15) is 5.10 Å². The molecule has 0 aliphatic rings. The van der Waals surface area contributed by atoms with E-state index in [1.165, 1.54) is 12.1 Å². The number of carbonyl (C=O) groups is 1. The maximum Gasteiger partial charge on any atom is 0.232 e. The molecular formula is C23H20FN5O. The maximum absolute atomic E-state index is 13.5. The van der Waals surface area contributed by atoms with Gasteiger partial charge in [-0.3, -0.25) is 24.3 Å². The van der Waals surface area contributed by atoms with Crippen molar-refractivity contribution in [3.63, 3.8) is 0 Å². The van der Waals surface area contributed by atoms with Crippen LogP contribution in [0.1, 0.15) is 5.56 Å². The fourth-order valence-electron chi connectivity index (χ4n) is 3.41. The molecule has 6 nitrogen and oxygen atoms in total. The monoisotopic (exact) mass is 401 g/mol. The van der Waals surface area contributed by atoms with Crippen LogP contribution in [0.3, 0.4) is 0 Å². The lowest BCUT2D eigenvalue weighted by atomic mass is 10.0. The van der Waals surface area contributed by atoms with Crippen LogP contribution in [0.5, 0.6) is 0 Å². The van der Waals surface area contributed by atoms with Gasteiger partial charge in [-0.25, -0.2) is 4.39 Å². The number of aromatic nitrogens is 4. The number of benzene rings is 1. The van der Waals surface area contributed by atoms with E-state index >= 15 is 0 Å². The summed E-state index contributed by atoms with van der Waals surface area (Å²) in [6, 6.07) is 13.6. The van der Waals surface area contributed by atoms with Crippen LogP contribution in [0.15, 0.2) is 73.3 Å². The van der Waals surface area contributed by atoms with Crippen molar-refractivity contribution in [3.8, 4) is 22.4 Å². The number of likely N-dealkylation sites (N-methyl/N-ethyl adjacent to an activating group) is 1. The number of aryl methyl sites for hydroxylation is 1. The lowest BCUT2D eigenvalue weighted by Crippen LogP contribution is -2.30. The van der Waals surface area contributed by atoms with Gasteiger partial charge in [0, 0.05) is 44.4 Å². The van der Waals surface area contributed by atoms with E-state index in [1.807, 2.05) is 24.3 Å². The fraction of sp³-hybridized carbons (Fsp3) is 0.130. The Balaban J connectivity index is 1.81. The summed E-state index contributed by atoms with van der Waals surface area (Å²) in [5.74, 6) is 0.241. The predicted octanol–water partition coefficient (Wildman–Crippen LogP) is 3.89. The van der Waals surface area contributed by atoms with E-state index in [9.17, 15) is 9.18 Å². The Morgan fingerprint density at radius 2 is 1.73 bits per heavy atom. The van der Waals surface area contributed by atoms with E-state index < -0.39 is 0 Å². The molecule has 0 bridgehead atoms. The van der Waals surface area contributed by atoms with Gasteiger partial charge in [-0.15, -0.1) is 0 Å². The molecule has 3 aromatic heterocycles. The van der Waals surface area contributed by atoms with Crippen LogP contribution in [0.25, 0.3) is 22.4 Å². The Bertz CT molecular complexity index is 1160. The minimum Gasteiger partial charge on any atom is -0.299 e. The zero-order valence-corrected chi connectivity index (χ0v) is 16.7. The Hall–Kier alpha value is -3.87. The molecule has 7 heteroatoms. The average molecular weight is 401 g/mol. The van der Waals surface area contributed by atoms with Crippen molar-refractivity contribution in [2.75, 3.05) is 11.9 Å². The van der Waals surface area contributed by atoms with E-state index in [0.29, 0.717) is 11.5 Å². The first-order chi connectivity index (χ1) is 14.5. The van der Waals surface area contributed by atoms with Gasteiger partial charge < -0.3 is 0 Å². The Kier molecular flexibility index (Phi) is 5.34. The van der Waals surface area contributed by atoms with Crippen LogP contribution < -0.4 is 4.90 Å². The van der Waals surface area contributed by atoms with Crippen LogP contribution in [0, 0.1) is 5.82 Å². The van der Waals surface area contributed by atoms with Gasteiger partial charge in [0.1, 0.15) is 17.3 Å². The summed E-state index contributed by atoms with van der Waals surface area (Å²) in [6.45, 7) is 0. The molecule has 0 aliphatic heterocycles. The molecule has 0 spiro atoms. The largest absolute Gasteiger partial charge is 0.299 e.